The first-order valence-corrected chi connectivity index (χ1v) is 14.3. The summed E-state index contributed by atoms with van der Waals surface area (Å²) in [6.45, 7) is 0.800. The zero-order valence-electron chi connectivity index (χ0n) is 21.7. The second-order valence-corrected chi connectivity index (χ2v) is 11.1. The first-order valence-electron chi connectivity index (χ1n) is 12.8. The van der Waals surface area contributed by atoms with Crippen molar-refractivity contribution in [2.45, 2.75) is 49.5 Å². The normalized spacial score (nSPS) is 14.7. The lowest BCUT2D eigenvalue weighted by molar-refractivity contribution is -0.137. The van der Waals surface area contributed by atoms with E-state index in [0.29, 0.717) is 19.3 Å². The molecule has 39 heavy (non-hydrogen) atoms. The predicted octanol–water partition coefficient (Wildman–Crippen LogP) is 2.13. The van der Waals surface area contributed by atoms with E-state index in [-0.39, 0.29) is 62.8 Å². The van der Waals surface area contributed by atoms with Crippen molar-refractivity contribution in [3.05, 3.63) is 42.5 Å². The lowest BCUT2D eigenvalue weighted by Gasteiger charge is -2.36. The van der Waals surface area contributed by atoms with Gasteiger partial charge in [-0.25, -0.2) is 13.2 Å². The lowest BCUT2D eigenvalue weighted by atomic mass is 10.1. The van der Waals surface area contributed by atoms with E-state index in [1.165, 1.54) is 15.9 Å². The van der Waals surface area contributed by atoms with E-state index in [1.54, 1.807) is 12.1 Å². The van der Waals surface area contributed by atoms with Gasteiger partial charge >= 0.3 is 12.1 Å². The molecule has 2 aromatic rings. The molecule has 1 fully saturated rings. The van der Waals surface area contributed by atoms with E-state index in [2.05, 4.69) is 4.72 Å². The van der Waals surface area contributed by atoms with Crippen LogP contribution in [0.15, 0.2) is 47.4 Å². The summed E-state index contributed by atoms with van der Waals surface area (Å²) in [5.74, 6) is -1.33. The Morgan fingerprint density at radius 1 is 0.974 bits per heavy atom. The third-order valence-electron chi connectivity index (χ3n) is 6.43. The minimum atomic E-state index is -4.02. The van der Waals surface area contributed by atoms with Gasteiger partial charge in [-0.15, -0.1) is 0 Å². The van der Waals surface area contributed by atoms with Gasteiger partial charge in [0.15, 0.2) is 0 Å². The Kier molecular flexibility index (Phi) is 10.6. The monoisotopic (exact) mass is 561 g/mol. The molecule has 2 aromatic carbocycles. The van der Waals surface area contributed by atoms with Crippen LogP contribution in [0.4, 0.5) is 4.79 Å². The largest absolute Gasteiger partial charge is 0.481 e. The third kappa shape index (κ3) is 8.93. The standard InChI is InChI=1S/C26H35N5O7S/c27-23(28)9-4-3-8-22(29-39(36,37)21-12-11-19-6-1-2-7-20(19)18-21)25(34)30-13-15-31(16-14-30)26(35)38-17-5-10-24(32)33/h1-2,6-7,11-12,18,22,29H,3-5,8-10,13-17H2,(H3,27,28)(H,32,33)/t22-/m0/s1. The molecule has 0 spiro atoms. The highest BCUT2D eigenvalue weighted by atomic mass is 32.2. The minimum absolute atomic E-state index is 0.0107. The highest BCUT2D eigenvalue weighted by molar-refractivity contribution is 7.89. The molecule has 12 nitrogen and oxygen atoms in total. The summed E-state index contributed by atoms with van der Waals surface area (Å²) in [6, 6.07) is 11.1. The van der Waals surface area contributed by atoms with Crippen LogP contribution in [0.2, 0.25) is 0 Å². The van der Waals surface area contributed by atoms with Crippen molar-refractivity contribution in [2.75, 3.05) is 32.8 Å². The average Bonchev–Trinajstić information content (AvgIpc) is 2.91. The van der Waals surface area contributed by atoms with Crippen molar-refractivity contribution in [1.82, 2.24) is 14.5 Å². The zero-order chi connectivity index (χ0) is 28.4. The van der Waals surface area contributed by atoms with Gasteiger partial charge in [0.2, 0.25) is 15.9 Å². The predicted molar refractivity (Wildman–Crippen MR) is 145 cm³/mol. The van der Waals surface area contributed by atoms with Gasteiger partial charge in [0.25, 0.3) is 0 Å². The summed E-state index contributed by atoms with van der Waals surface area (Å²) >= 11 is 0. The maximum atomic E-state index is 13.4. The molecule has 1 aliphatic rings. The number of nitrogens with one attached hydrogen (secondary N) is 2. The number of piperazine rings is 1. The van der Waals surface area contributed by atoms with E-state index in [9.17, 15) is 22.8 Å². The number of nitrogens with two attached hydrogens (primary N) is 1. The number of hydrogen-bond acceptors (Lipinski definition) is 7. The second kappa shape index (κ2) is 13.9. The SMILES string of the molecule is N=C(N)CCCC[C@H](NS(=O)(=O)c1ccc2ccccc2c1)C(=O)N1CCN(C(=O)OCCCC(=O)O)CC1. The molecule has 5 N–H and O–H groups in total. The van der Waals surface area contributed by atoms with Crippen LogP contribution < -0.4 is 10.5 Å². The van der Waals surface area contributed by atoms with Crippen LogP contribution in [0.5, 0.6) is 0 Å². The van der Waals surface area contributed by atoms with Gasteiger partial charge < -0.3 is 25.4 Å². The number of amides is 2. The molecule has 212 valence electrons. The number of rotatable bonds is 13. The Morgan fingerprint density at radius 3 is 2.31 bits per heavy atom. The van der Waals surface area contributed by atoms with Crippen LogP contribution in [0.3, 0.4) is 0 Å². The van der Waals surface area contributed by atoms with E-state index in [0.717, 1.165) is 10.8 Å². The number of carbonyl (C=O) groups is 3. The van der Waals surface area contributed by atoms with E-state index in [4.69, 9.17) is 21.0 Å². The Labute approximate surface area is 227 Å². The Hall–Kier alpha value is -3.71. The van der Waals surface area contributed by atoms with Crippen molar-refractivity contribution in [1.29, 1.82) is 5.41 Å². The smallest absolute Gasteiger partial charge is 0.409 e. The summed E-state index contributed by atoms with van der Waals surface area (Å²) in [5.41, 5.74) is 5.43. The zero-order valence-corrected chi connectivity index (χ0v) is 22.5. The first kappa shape index (κ1) is 29.8. The summed E-state index contributed by atoms with van der Waals surface area (Å²) < 4.78 is 34.2. The molecule has 0 bridgehead atoms. The fraction of sp³-hybridized carbons (Fsp3) is 0.462. The van der Waals surface area contributed by atoms with Crippen LogP contribution in [-0.2, 0) is 24.3 Å². The third-order valence-corrected chi connectivity index (χ3v) is 7.90. The number of ether oxygens (including phenoxy) is 1. The number of aliphatic carboxylic acids is 1. The van der Waals surface area contributed by atoms with Gasteiger partial charge in [-0.1, -0.05) is 36.8 Å². The average molecular weight is 562 g/mol. The van der Waals surface area contributed by atoms with Gasteiger partial charge in [0, 0.05) is 39.0 Å². The minimum Gasteiger partial charge on any atom is -0.481 e. The number of nitrogens with zero attached hydrogens (tertiary/aromatic N) is 2. The van der Waals surface area contributed by atoms with E-state index >= 15 is 0 Å². The molecular formula is C26H35N5O7S. The van der Waals surface area contributed by atoms with Gasteiger partial charge in [0.1, 0.15) is 6.04 Å². The molecule has 1 saturated heterocycles. The van der Waals surface area contributed by atoms with Crippen LogP contribution in [-0.4, -0.2) is 86.0 Å². The number of carboxylic acids is 1. The number of carbonyl (C=O) groups excluding carboxylic acids is 2. The highest BCUT2D eigenvalue weighted by Gasteiger charge is 2.32. The number of hydrogen-bond donors (Lipinski definition) is 4. The summed E-state index contributed by atoms with van der Waals surface area (Å²) in [4.78, 5) is 39.3. The molecule has 1 atom stereocenters. The summed E-state index contributed by atoms with van der Waals surface area (Å²) in [6.07, 6.45) is 1.14. The number of fused-ring (bicyclic) bond motifs is 1. The van der Waals surface area contributed by atoms with Crippen LogP contribution in [0.25, 0.3) is 10.8 Å². The fourth-order valence-corrected chi connectivity index (χ4v) is 5.55. The van der Waals surface area contributed by atoms with Crippen LogP contribution in [0, 0.1) is 5.41 Å². The molecule has 0 unspecified atom stereocenters. The Bertz CT molecular complexity index is 1290. The van der Waals surface area contributed by atoms with Crippen molar-refractivity contribution >= 4 is 44.6 Å². The van der Waals surface area contributed by atoms with Gasteiger partial charge in [-0.05, 0) is 42.2 Å². The molecule has 2 amide bonds. The van der Waals surface area contributed by atoms with E-state index < -0.39 is 34.0 Å². The molecule has 3 rings (SSSR count). The fourth-order valence-electron chi connectivity index (χ4n) is 4.29. The topological polar surface area (TPSA) is 183 Å². The van der Waals surface area contributed by atoms with Crippen LogP contribution >= 0.6 is 0 Å². The Morgan fingerprint density at radius 2 is 1.64 bits per heavy atom. The summed E-state index contributed by atoms with van der Waals surface area (Å²) in [5, 5.41) is 17.7. The molecule has 0 aliphatic carbocycles. The van der Waals surface area contributed by atoms with Gasteiger partial charge in [-0.2, -0.15) is 4.72 Å². The first-order chi connectivity index (χ1) is 18.6. The maximum absolute atomic E-state index is 13.4. The maximum Gasteiger partial charge on any atom is 0.409 e. The van der Waals surface area contributed by atoms with E-state index in [1.807, 2.05) is 24.3 Å². The number of carboxylic acid groups (broad SMARTS) is 1. The summed E-state index contributed by atoms with van der Waals surface area (Å²) in [7, 11) is -4.02. The molecular weight excluding hydrogens is 526 g/mol. The van der Waals surface area contributed by atoms with Crippen molar-refractivity contribution in [2.24, 2.45) is 5.73 Å². The number of amidine groups is 1. The van der Waals surface area contributed by atoms with Crippen molar-refractivity contribution < 1.29 is 32.6 Å². The second-order valence-electron chi connectivity index (χ2n) is 9.38. The number of benzene rings is 2. The molecule has 0 saturated carbocycles. The quantitative estimate of drug-likeness (QED) is 0.163. The van der Waals surface area contributed by atoms with Crippen molar-refractivity contribution in [3.8, 4) is 0 Å². The molecule has 1 aliphatic heterocycles. The highest BCUT2D eigenvalue weighted by Crippen LogP contribution is 2.20. The molecule has 0 radical (unpaired) electrons. The number of unbranched alkanes of at least 4 members (excludes halogenated alkanes) is 1. The van der Waals surface area contributed by atoms with Crippen molar-refractivity contribution in [3.63, 3.8) is 0 Å². The molecule has 1 heterocycles. The van der Waals surface area contributed by atoms with Gasteiger partial charge in [0.05, 0.1) is 17.3 Å². The van der Waals surface area contributed by atoms with Crippen LogP contribution in [0.1, 0.15) is 38.5 Å². The van der Waals surface area contributed by atoms with Gasteiger partial charge in [-0.3, -0.25) is 15.0 Å². The number of sulfonamides is 1. The lowest BCUT2D eigenvalue weighted by Crippen LogP contribution is -2.55. The molecule has 13 heteroatoms. The molecule has 0 aromatic heterocycles. The Balaban J connectivity index is 1.64.